The lowest BCUT2D eigenvalue weighted by molar-refractivity contribution is -0.129. The Morgan fingerprint density at radius 3 is 2.89 bits per heavy atom. The molecule has 2 atom stereocenters. The summed E-state index contributed by atoms with van der Waals surface area (Å²) in [7, 11) is 0. The average molecular weight is 253 g/mol. The van der Waals surface area contributed by atoms with Crippen LogP contribution in [0.3, 0.4) is 0 Å². The molecule has 0 radical (unpaired) electrons. The van der Waals surface area contributed by atoms with Crippen molar-refractivity contribution in [1.29, 1.82) is 5.26 Å². The van der Waals surface area contributed by atoms with Crippen LogP contribution in [0.4, 0.5) is 0 Å². The Morgan fingerprint density at radius 1 is 1.67 bits per heavy atom. The predicted octanol–water partition coefficient (Wildman–Crippen LogP) is 0.904. The van der Waals surface area contributed by atoms with Crippen molar-refractivity contribution in [2.75, 3.05) is 19.7 Å². The number of carbonyl (C=O) groups is 1. The highest BCUT2D eigenvalue weighted by atomic mass is 16.5. The Labute approximate surface area is 109 Å². The molecule has 1 rings (SSSR count). The maximum Gasteiger partial charge on any atom is 0.237 e. The number of nitriles is 1. The average Bonchev–Trinajstić information content (AvgIpc) is 2.37. The molecular formula is C13H23N3O2. The normalized spacial score (nSPS) is 23.2. The predicted molar refractivity (Wildman–Crippen MR) is 68.9 cm³/mol. The quantitative estimate of drug-likeness (QED) is 0.808. The highest BCUT2D eigenvalue weighted by Crippen LogP contribution is 2.12. The zero-order valence-corrected chi connectivity index (χ0v) is 11.7. The molecule has 5 heteroatoms. The molecule has 0 saturated carbocycles. The molecule has 102 valence electrons. The Bertz CT molecular complexity index is 336. The molecule has 2 unspecified atom stereocenters. The molecule has 0 aromatic rings. The molecule has 18 heavy (non-hydrogen) atoms. The van der Waals surface area contributed by atoms with E-state index in [1.165, 1.54) is 0 Å². The van der Waals surface area contributed by atoms with Crippen molar-refractivity contribution >= 4 is 5.91 Å². The number of hydrogen-bond acceptors (Lipinski definition) is 4. The van der Waals surface area contributed by atoms with Crippen LogP contribution >= 0.6 is 0 Å². The summed E-state index contributed by atoms with van der Waals surface area (Å²) in [4.78, 5) is 14.1. The summed E-state index contributed by atoms with van der Waals surface area (Å²) in [5.74, 6) is 0.0143. The number of carbonyl (C=O) groups excluding carboxylic acids is 1. The molecule has 1 saturated heterocycles. The second-order valence-corrected chi connectivity index (χ2v) is 5.39. The lowest BCUT2D eigenvalue weighted by Gasteiger charge is -2.35. The van der Waals surface area contributed by atoms with Crippen LogP contribution in [0.5, 0.6) is 0 Å². The van der Waals surface area contributed by atoms with E-state index in [1.54, 1.807) is 0 Å². The van der Waals surface area contributed by atoms with Gasteiger partial charge < -0.3 is 10.1 Å². The monoisotopic (exact) mass is 253 g/mol. The molecule has 1 amide bonds. The highest BCUT2D eigenvalue weighted by molar-refractivity contribution is 5.82. The number of amides is 1. The van der Waals surface area contributed by atoms with Gasteiger partial charge in [0.15, 0.2) is 6.10 Å². The molecule has 5 nitrogen and oxygen atoms in total. The number of hydrogen-bond donors (Lipinski definition) is 1. The van der Waals surface area contributed by atoms with Crippen LogP contribution in [0.25, 0.3) is 0 Å². The topological polar surface area (TPSA) is 65.4 Å². The van der Waals surface area contributed by atoms with Gasteiger partial charge in [0.05, 0.1) is 18.7 Å². The first-order valence-corrected chi connectivity index (χ1v) is 6.47. The Hall–Kier alpha value is -1.12. The van der Waals surface area contributed by atoms with E-state index in [0.717, 1.165) is 6.42 Å². The van der Waals surface area contributed by atoms with E-state index in [0.29, 0.717) is 19.7 Å². The largest absolute Gasteiger partial charge is 0.361 e. The maximum absolute atomic E-state index is 12.1. The molecule has 1 heterocycles. The number of ether oxygens (including phenoxy) is 1. The van der Waals surface area contributed by atoms with E-state index < -0.39 is 6.10 Å². The van der Waals surface area contributed by atoms with Crippen molar-refractivity contribution in [3.63, 3.8) is 0 Å². The number of nitrogens with zero attached hydrogens (tertiary/aromatic N) is 2. The van der Waals surface area contributed by atoms with Crippen LogP contribution in [0.15, 0.2) is 0 Å². The van der Waals surface area contributed by atoms with E-state index in [1.807, 2.05) is 32.6 Å². The standard InChI is InChI=1S/C13H23N3O2/c1-5-13(3,4)15-12(17)10(2)16-6-7-18-11(8-14)9-16/h10-11H,5-7,9H2,1-4H3,(H,15,17). The van der Waals surface area contributed by atoms with Crippen molar-refractivity contribution in [3.05, 3.63) is 0 Å². The maximum atomic E-state index is 12.1. The molecule has 0 spiro atoms. The Morgan fingerprint density at radius 2 is 2.33 bits per heavy atom. The molecule has 1 aliphatic heterocycles. The van der Waals surface area contributed by atoms with Gasteiger partial charge in [0, 0.05) is 18.6 Å². The molecule has 1 N–H and O–H groups in total. The van der Waals surface area contributed by atoms with Crippen LogP contribution in [0.2, 0.25) is 0 Å². The van der Waals surface area contributed by atoms with Crippen molar-refractivity contribution < 1.29 is 9.53 Å². The third-order valence-corrected chi connectivity index (χ3v) is 3.51. The third-order valence-electron chi connectivity index (χ3n) is 3.51. The van der Waals surface area contributed by atoms with E-state index in [2.05, 4.69) is 11.4 Å². The van der Waals surface area contributed by atoms with Gasteiger partial charge >= 0.3 is 0 Å². The summed E-state index contributed by atoms with van der Waals surface area (Å²) < 4.78 is 5.27. The summed E-state index contributed by atoms with van der Waals surface area (Å²) in [6.45, 7) is 9.64. The molecular weight excluding hydrogens is 230 g/mol. The summed E-state index contributed by atoms with van der Waals surface area (Å²) >= 11 is 0. The van der Waals surface area contributed by atoms with E-state index >= 15 is 0 Å². The van der Waals surface area contributed by atoms with Crippen molar-refractivity contribution in [3.8, 4) is 6.07 Å². The minimum absolute atomic E-state index is 0.0143. The van der Waals surface area contributed by atoms with Gasteiger partial charge in [-0.2, -0.15) is 5.26 Å². The van der Waals surface area contributed by atoms with E-state index in [9.17, 15) is 4.79 Å². The third kappa shape index (κ3) is 3.97. The molecule has 0 bridgehead atoms. The van der Waals surface area contributed by atoms with Gasteiger partial charge in [0.2, 0.25) is 5.91 Å². The van der Waals surface area contributed by atoms with Gasteiger partial charge in [-0.05, 0) is 27.2 Å². The van der Waals surface area contributed by atoms with Crippen LogP contribution in [-0.4, -0.2) is 48.2 Å². The molecule has 0 aromatic carbocycles. The van der Waals surface area contributed by atoms with Gasteiger partial charge in [0.25, 0.3) is 0 Å². The first-order valence-electron chi connectivity index (χ1n) is 6.47. The fourth-order valence-electron chi connectivity index (χ4n) is 1.79. The fraction of sp³-hybridized carbons (Fsp3) is 0.846. The van der Waals surface area contributed by atoms with Crippen molar-refractivity contribution in [2.45, 2.75) is 51.8 Å². The van der Waals surface area contributed by atoms with Gasteiger partial charge in [-0.3, -0.25) is 9.69 Å². The van der Waals surface area contributed by atoms with Crippen LogP contribution in [0, 0.1) is 11.3 Å². The summed E-state index contributed by atoms with van der Waals surface area (Å²) in [5.41, 5.74) is -0.188. The van der Waals surface area contributed by atoms with Gasteiger partial charge in [-0.1, -0.05) is 6.92 Å². The minimum atomic E-state index is -0.423. The highest BCUT2D eigenvalue weighted by Gasteiger charge is 2.29. The number of nitrogens with one attached hydrogen (secondary N) is 1. The lowest BCUT2D eigenvalue weighted by Crippen LogP contribution is -2.55. The first kappa shape index (κ1) is 14.9. The zero-order valence-electron chi connectivity index (χ0n) is 11.7. The molecule has 0 aromatic heterocycles. The SMILES string of the molecule is CCC(C)(C)NC(=O)C(C)N1CCOC(C#N)C1. The lowest BCUT2D eigenvalue weighted by atomic mass is 10.0. The van der Waals surface area contributed by atoms with Gasteiger partial charge in [-0.15, -0.1) is 0 Å². The van der Waals surface area contributed by atoms with Crippen LogP contribution < -0.4 is 5.32 Å². The summed E-state index contributed by atoms with van der Waals surface area (Å²) in [5, 5.41) is 11.9. The van der Waals surface area contributed by atoms with Crippen LogP contribution in [0.1, 0.15) is 34.1 Å². The van der Waals surface area contributed by atoms with Crippen LogP contribution in [-0.2, 0) is 9.53 Å². The zero-order chi connectivity index (χ0) is 13.8. The number of morpholine rings is 1. The Balaban J connectivity index is 2.56. The smallest absolute Gasteiger partial charge is 0.237 e. The van der Waals surface area contributed by atoms with Crippen molar-refractivity contribution in [1.82, 2.24) is 10.2 Å². The second kappa shape index (κ2) is 6.17. The van der Waals surface area contributed by atoms with Gasteiger partial charge in [-0.25, -0.2) is 0 Å². The molecule has 1 aliphatic rings. The van der Waals surface area contributed by atoms with Crippen molar-refractivity contribution in [2.24, 2.45) is 0 Å². The Kier molecular flexibility index (Phi) is 5.12. The first-order chi connectivity index (χ1) is 8.39. The molecule has 0 aliphatic carbocycles. The van der Waals surface area contributed by atoms with E-state index in [4.69, 9.17) is 10.00 Å². The fourth-order valence-corrected chi connectivity index (χ4v) is 1.79. The second-order valence-electron chi connectivity index (χ2n) is 5.39. The minimum Gasteiger partial charge on any atom is -0.361 e. The van der Waals surface area contributed by atoms with Gasteiger partial charge in [0.1, 0.15) is 0 Å². The summed E-state index contributed by atoms with van der Waals surface area (Å²) in [6, 6.07) is 1.87. The van der Waals surface area contributed by atoms with E-state index in [-0.39, 0.29) is 17.5 Å². The molecule has 1 fully saturated rings. The summed E-state index contributed by atoms with van der Waals surface area (Å²) in [6.07, 6.45) is 0.461. The number of rotatable bonds is 4.